The lowest BCUT2D eigenvalue weighted by Crippen LogP contribution is -2.55. The molecule has 3 nitrogen and oxygen atoms in total. The van der Waals surface area contributed by atoms with Crippen molar-refractivity contribution >= 4 is 0 Å². The van der Waals surface area contributed by atoms with Crippen LogP contribution in [0.15, 0.2) is 0 Å². The van der Waals surface area contributed by atoms with Crippen LogP contribution in [0.4, 0.5) is 0 Å². The van der Waals surface area contributed by atoms with Crippen LogP contribution in [0.5, 0.6) is 0 Å². The highest BCUT2D eigenvalue weighted by atomic mass is 16.5. The van der Waals surface area contributed by atoms with Crippen molar-refractivity contribution in [1.82, 2.24) is 10.2 Å². The highest BCUT2D eigenvalue weighted by molar-refractivity contribution is 4.97. The Morgan fingerprint density at radius 2 is 2.06 bits per heavy atom. The molecule has 2 fully saturated rings. The largest absolute Gasteiger partial charge is 0.383 e. The van der Waals surface area contributed by atoms with Crippen molar-refractivity contribution < 1.29 is 4.74 Å². The average Bonchev–Trinajstić information content (AvgIpc) is 2.51. The zero-order valence-corrected chi connectivity index (χ0v) is 12.4. The molecule has 18 heavy (non-hydrogen) atoms. The first-order valence-electron chi connectivity index (χ1n) is 7.66. The molecule has 2 atom stereocenters. The fourth-order valence-corrected chi connectivity index (χ4v) is 3.76. The van der Waals surface area contributed by atoms with E-state index in [-0.39, 0.29) is 0 Å². The smallest absolute Gasteiger partial charge is 0.0615 e. The summed E-state index contributed by atoms with van der Waals surface area (Å²) in [5, 5.41) is 3.87. The third-order valence-corrected chi connectivity index (χ3v) is 4.90. The van der Waals surface area contributed by atoms with Gasteiger partial charge in [0, 0.05) is 31.3 Å². The van der Waals surface area contributed by atoms with Crippen molar-refractivity contribution in [3.63, 3.8) is 0 Å². The second kappa shape index (κ2) is 6.36. The second-order valence-electron chi connectivity index (χ2n) is 6.38. The van der Waals surface area contributed by atoms with Crippen molar-refractivity contribution in [3.05, 3.63) is 0 Å². The van der Waals surface area contributed by atoms with Crippen molar-refractivity contribution in [2.24, 2.45) is 0 Å². The Balaban J connectivity index is 2.06. The lowest BCUT2D eigenvalue weighted by Gasteiger charge is -2.43. The zero-order valence-electron chi connectivity index (χ0n) is 12.4. The van der Waals surface area contributed by atoms with E-state index in [1.54, 1.807) is 0 Å². The number of hydrogen-bond donors (Lipinski definition) is 1. The Labute approximate surface area is 112 Å². The first kappa shape index (κ1) is 14.3. The van der Waals surface area contributed by atoms with E-state index in [1.165, 1.54) is 51.6 Å². The monoisotopic (exact) mass is 254 g/mol. The number of nitrogens with zero attached hydrogens (tertiary/aromatic N) is 1. The van der Waals surface area contributed by atoms with Gasteiger partial charge in [0.05, 0.1) is 6.61 Å². The fourth-order valence-electron chi connectivity index (χ4n) is 3.76. The maximum atomic E-state index is 5.36. The molecule has 3 heteroatoms. The predicted octanol–water partition coefficient (Wildman–Crippen LogP) is 2.41. The summed E-state index contributed by atoms with van der Waals surface area (Å²) >= 11 is 0. The van der Waals surface area contributed by atoms with E-state index in [4.69, 9.17) is 4.74 Å². The third-order valence-electron chi connectivity index (χ3n) is 4.90. The molecule has 0 amide bonds. The van der Waals surface area contributed by atoms with Gasteiger partial charge in [-0.3, -0.25) is 4.90 Å². The van der Waals surface area contributed by atoms with Crippen molar-refractivity contribution in [2.45, 2.75) is 70.0 Å². The molecule has 2 unspecified atom stereocenters. The Morgan fingerprint density at radius 1 is 1.33 bits per heavy atom. The van der Waals surface area contributed by atoms with Crippen LogP contribution in [0.3, 0.4) is 0 Å². The molecular weight excluding hydrogens is 224 g/mol. The van der Waals surface area contributed by atoms with Gasteiger partial charge in [0.1, 0.15) is 0 Å². The van der Waals surface area contributed by atoms with Crippen LogP contribution in [0.1, 0.15) is 52.4 Å². The zero-order chi connectivity index (χ0) is 13.0. The van der Waals surface area contributed by atoms with Gasteiger partial charge in [0.25, 0.3) is 0 Å². The van der Waals surface area contributed by atoms with Crippen molar-refractivity contribution in [3.8, 4) is 0 Å². The lowest BCUT2D eigenvalue weighted by atomic mass is 9.81. The quantitative estimate of drug-likeness (QED) is 0.837. The molecule has 0 radical (unpaired) electrons. The van der Waals surface area contributed by atoms with Gasteiger partial charge in [-0.2, -0.15) is 0 Å². The second-order valence-corrected chi connectivity index (χ2v) is 6.38. The van der Waals surface area contributed by atoms with E-state index in [0.29, 0.717) is 17.6 Å². The summed E-state index contributed by atoms with van der Waals surface area (Å²) in [5.74, 6) is 0. The highest BCUT2D eigenvalue weighted by Gasteiger charge is 2.38. The van der Waals surface area contributed by atoms with Gasteiger partial charge in [-0.05, 0) is 39.7 Å². The van der Waals surface area contributed by atoms with E-state index in [9.17, 15) is 0 Å². The SMILES string of the molecule is COCC(C)N1CC2(CCCCC2)NCCC1C. The maximum absolute atomic E-state index is 5.36. The van der Waals surface area contributed by atoms with E-state index >= 15 is 0 Å². The first-order chi connectivity index (χ1) is 8.67. The van der Waals surface area contributed by atoms with Crippen LogP contribution < -0.4 is 5.32 Å². The molecule has 1 aliphatic heterocycles. The van der Waals surface area contributed by atoms with Gasteiger partial charge < -0.3 is 10.1 Å². The van der Waals surface area contributed by atoms with Crippen molar-refractivity contribution in [2.75, 3.05) is 26.8 Å². The summed E-state index contributed by atoms with van der Waals surface area (Å²) < 4.78 is 5.36. The lowest BCUT2D eigenvalue weighted by molar-refractivity contribution is 0.0528. The summed E-state index contributed by atoms with van der Waals surface area (Å²) in [6.45, 7) is 7.91. The van der Waals surface area contributed by atoms with Crippen LogP contribution in [0.25, 0.3) is 0 Å². The summed E-state index contributed by atoms with van der Waals surface area (Å²) in [6.07, 6.45) is 8.19. The molecule has 1 saturated carbocycles. The Bertz CT molecular complexity index is 251. The van der Waals surface area contributed by atoms with Gasteiger partial charge in [0.2, 0.25) is 0 Å². The number of methoxy groups -OCH3 is 1. The summed E-state index contributed by atoms with van der Waals surface area (Å²) in [7, 11) is 1.81. The van der Waals surface area contributed by atoms with Crippen LogP contribution in [-0.2, 0) is 4.74 Å². The van der Waals surface area contributed by atoms with Gasteiger partial charge in [-0.1, -0.05) is 19.3 Å². The normalized spacial score (nSPS) is 31.2. The molecule has 0 aromatic carbocycles. The molecule has 1 heterocycles. The first-order valence-corrected chi connectivity index (χ1v) is 7.66. The number of nitrogens with one attached hydrogen (secondary N) is 1. The van der Waals surface area contributed by atoms with Gasteiger partial charge in [-0.25, -0.2) is 0 Å². The number of ether oxygens (including phenoxy) is 1. The molecule has 2 aliphatic rings. The number of hydrogen-bond acceptors (Lipinski definition) is 3. The molecule has 1 N–H and O–H groups in total. The fraction of sp³-hybridized carbons (Fsp3) is 1.00. The minimum Gasteiger partial charge on any atom is -0.383 e. The molecule has 0 aromatic heterocycles. The molecule has 0 bridgehead atoms. The summed E-state index contributed by atoms with van der Waals surface area (Å²) in [4.78, 5) is 2.68. The van der Waals surface area contributed by atoms with E-state index in [0.717, 1.165) is 6.61 Å². The summed E-state index contributed by atoms with van der Waals surface area (Å²) in [6, 6.07) is 1.20. The molecule has 2 rings (SSSR count). The van der Waals surface area contributed by atoms with Crippen LogP contribution in [0.2, 0.25) is 0 Å². The molecule has 0 aromatic rings. The van der Waals surface area contributed by atoms with E-state index < -0.39 is 0 Å². The van der Waals surface area contributed by atoms with Crippen LogP contribution >= 0.6 is 0 Å². The molecule has 1 spiro atoms. The molecular formula is C15H30N2O. The minimum absolute atomic E-state index is 0.394. The average molecular weight is 254 g/mol. The maximum Gasteiger partial charge on any atom is 0.0615 e. The highest BCUT2D eigenvalue weighted by Crippen LogP contribution is 2.32. The van der Waals surface area contributed by atoms with Gasteiger partial charge >= 0.3 is 0 Å². The molecule has 106 valence electrons. The number of rotatable bonds is 3. The van der Waals surface area contributed by atoms with Crippen molar-refractivity contribution in [1.29, 1.82) is 0 Å². The third kappa shape index (κ3) is 3.25. The van der Waals surface area contributed by atoms with Crippen LogP contribution in [-0.4, -0.2) is 49.3 Å². The standard InChI is InChI=1S/C15H30N2O/c1-13-7-10-16-15(8-5-4-6-9-15)12-17(13)14(2)11-18-3/h13-14,16H,4-12H2,1-3H3. The summed E-state index contributed by atoms with van der Waals surface area (Å²) in [5.41, 5.74) is 0.394. The Morgan fingerprint density at radius 3 is 2.72 bits per heavy atom. The van der Waals surface area contributed by atoms with Gasteiger partial charge in [0.15, 0.2) is 0 Å². The van der Waals surface area contributed by atoms with E-state index in [1.807, 2.05) is 7.11 Å². The minimum atomic E-state index is 0.394. The van der Waals surface area contributed by atoms with Crippen LogP contribution in [0, 0.1) is 0 Å². The Hall–Kier alpha value is -0.120. The Kier molecular flexibility index (Phi) is 5.05. The topological polar surface area (TPSA) is 24.5 Å². The molecule has 1 saturated heterocycles. The van der Waals surface area contributed by atoms with Gasteiger partial charge in [-0.15, -0.1) is 0 Å². The predicted molar refractivity (Wildman–Crippen MR) is 75.9 cm³/mol. The van der Waals surface area contributed by atoms with E-state index in [2.05, 4.69) is 24.1 Å². The molecule has 1 aliphatic carbocycles.